The number of aliphatic hydroxyl groups is 1. The van der Waals surface area contributed by atoms with Crippen molar-refractivity contribution >= 4 is 29.3 Å². The fourth-order valence-electron chi connectivity index (χ4n) is 13.9. The number of ether oxygens (including phenoxy) is 1. The molecule has 1 aromatic rings. The summed E-state index contributed by atoms with van der Waals surface area (Å²) in [7, 11) is 0. The maximum atomic E-state index is 14.0. The average molecular weight is 736 g/mol. The van der Waals surface area contributed by atoms with E-state index in [0.29, 0.717) is 30.5 Å². The Kier molecular flexibility index (Phi) is 9.08. The number of aliphatic hydroxyl groups excluding tert-OH is 1. The van der Waals surface area contributed by atoms with Gasteiger partial charge in [-0.3, -0.25) is 14.4 Å². The summed E-state index contributed by atoms with van der Waals surface area (Å²) in [6, 6.07) is 7.80. The Balaban J connectivity index is 1.14. The van der Waals surface area contributed by atoms with Gasteiger partial charge < -0.3 is 20.3 Å². The first kappa shape index (κ1) is 38.1. The van der Waals surface area contributed by atoms with Crippen LogP contribution in [0.5, 0.6) is 0 Å². The lowest BCUT2D eigenvalue weighted by atomic mass is 9.33. The molecule has 0 aliphatic heterocycles. The molecule has 8 heteroatoms. The van der Waals surface area contributed by atoms with Crippen molar-refractivity contribution in [2.75, 3.05) is 6.54 Å². The molecule has 52 heavy (non-hydrogen) atoms. The molecule has 6 aliphatic rings. The number of carbonyl (C=O) groups is 3. The lowest BCUT2D eigenvalue weighted by Gasteiger charge is -2.71. The highest BCUT2D eigenvalue weighted by Gasteiger charge is 2.82. The van der Waals surface area contributed by atoms with Crippen LogP contribution in [0, 0.1) is 55.7 Å². The van der Waals surface area contributed by atoms with Crippen LogP contribution in [-0.4, -0.2) is 46.7 Å². The van der Waals surface area contributed by atoms with E-state index < -0.39 is 28.9 Å². The zero-order valence-corrected chi connectivity index (χ0v) is 33.5. The van der Waals surface area contributed by atoms with Crippen LogP contribution in [0.3, 0.4) is 0 Å². The van der Waals surface area contributed by atoms with Crippen LogP contribution in [0.25, 0.3) is 0 Å². The average Bonchev–Trinajstić information content (AvgIpc) is 3.59. The first-order chi connectivity index (χ1) is 24.2. The number of allylic oxidation sites excluding steroid dienone is 1. The number of carboxylic acids is 1. The summed E-state index contributed by atoms with van der Waals surface area (Å²) in [6.45, 7) is 18.6. The Labute approximate surface area is 316 Å². The van der Waals surface area contributed by atoms with E-state index in [1.54, 1.807) is 13.8 Å². The third-order valence-corrected chi connectivity index (χ3v) is 17.3. The van der Waals surface area contributed by atoms with E-state index in [-0.39, 0.29) is 57.2 Å². The molecular formula is C44H62ClNO6. The SMILES string of the molecule is CC(C)C1=C2[C@H]3CC[C@@H]4[C@@]5(C)CC[C@H](OC(=O)CC(C)(C)C(=O)O)C6(C)C[C@]65CC[C@@]4(C)[C@]3(C)CCC2(C(O)CNCc2ccc(Cl)cc2)CC1=O. The number of ketones is 1. The van der Waals surface area contributed by atoms with Gasteiger partial charge in [-0.2, -0.15) is 0 Å². The molecule has 0 bridgehead atoms. The molecule has 3 N–H and O–H groups in total. The molecule has 7 nitrogen and oxygen atoms in total. The van der Waals surface area contributed by atoms with Crippen LogP contribution in [0.1, 0.15) is 132 Å². The van der Waals surface area contributed by atoms with Crippen molar-refractivity contribution in [3.8, 4) is 0 Å². The van der Waals surface area contributed by atoms with E-state index in [0.717, 1.165) is 68.9 Å². The Morgan fingerprint density at radius 2 is 1.62 bits per heavy atom. The van der Waals surface area contributed by atoms with Gasteiger partial charge in [0.1, 0.15) is 6.10 Å². The van der Waals surface area contributed by atoms with Crippen molar-refractivity contribution in [1.29, 1.82) is 0 Å². The number of rotatable bonds is 10. The number of hydrogen-bond donors (Lipinski definition) is 3. The second-order valence-electron chi connectivity index (χ2n) is 20.0. The highest BCUT2D eigenvalue weighted by atomic mass is 35.5. The molecule has 5 fully saturated rings. The summed E-state index contributed by atoms with van der Waals surface area (Å²) in [6.07, 6.45) is 8.51. The summed E-state index contributed by atoms with van der Waals surface area (Å²) in [5.74, 6) is -0.255. The topological polar surface area (TPSA) is 113 Å². The fourth-order valence-corrected chi connectivity index (χ4v) is 14.0. The Hall–Kier alpha value is -2.22. The van der Waals surface area contributed by atoms with Crippen molar-refractivity contribution < 1.29 is 29.3 Å². The van der Waals surface area contributed by atoms with Crippen LogP contribution < -0.4 is 5.32 Å². The number of aliphatic carboxylic acids is 1. The molecule has 6 aliphatic carbocycles. The van der Waals surface area contributed by atoms with E-state index >= 15 is 0 Å². The van der Waals surface area contributed by atoms with Crippen LogP contribution >= 0.6 is 11.6 Å². The number of halogens is 1. The largest absolute Gasteiger partial charge is 0.481 e. The highest BCUT2D eigenvalue weighted by Crippen LogP contribution is 2.87. The van der Waals surface area contributed by atoms with Gasteiger partial charge in [0, 0.05) is 35.4 Å². The van der Waals surface area contributed by atoms with Crippen molar-refractivity contribution in [3.05, 3.63) is 46.0 Å². The molecule has 5 saturated carbocycles. The molecular weight excluding hydrogens is 674 g/mol. The van der Waals surface area contributed by atoms with Gasteiger partial charge in [-0.05, 0) is 134 Å². The van der Waals surface area contributed by atoms with E-state index in [2.05, 4.69) is 46.9 Å². The van der Waals surface area contributed by atoms with Gasteiger partial charge in [0.25, 0.3) is 0 Å². The Morgan fingerprint density at radius 1 is 0.942 bits per heavy atom. The second-order valence-corrected chi connectivity index (χ2v) is 20.4. The number of hydrogen-bond acceptors (Lipinski definition) is 6. The minimum Gasteiger partial charge on any atom is -0.481 e. The van der Waals surface area contributed by atoms with E-state index in [9.17, 15) is 24.6 Å². The predicted molar refractivity (Wildman–Crippen MR) is 202 cm³/mol. The molecule has 0 amide bonds. The highest BCUT2D eigenvalue weighted by molar-refractivity contribution is 6.30. The number of carboxylic acid groups (broad SMARTS) is 1. The summed E-state index contributed by atoms with van der Waals surface area (Å²) in [4.78, 5) is 38.9. The number of fused-ring (bicyclic) bond motifs is 6. The van der Waals surface area contributed by atoms with Crippen LogP contribution in [0.4, 0.5) is 0 Å². The van der Waals surface area contributed by atoms with E-state index in [1.165, 1.54) is 5.57 Å². The zero-order chi connectivity index (χ0) is 37.9. The van der Waals surface area contributed by atoms with Crippen molar-refractivity contribution in [3.63, 3.8) is 0 Å². The predicted octanol–water partition coefficient (Wildman–Crippen LogP) is 8.94. The van der Waals surface area contributed by atoms with Gasteiger partial charge in [0.15, 0.2) is 5.78 Å². The molecule has 0 saturated heterocycles. The van der Waals surface area contributed by atoms with Crippen LogP contribution in [0.2, 0.25) is 5.02 Å². The first-order valence-electron chi connectivity index (χ1n) is 20.1. The second kappa shape index (κ2) is 12.4. The molecule has 1 aromatic carbocycles. The molecule has 0 radical (unpaired) electrons. The van der Waals surface area contributed by atoms with Gasteiger partial charge in [-0.25, -0.2) is 0 Å². The summed E-state index contributed by atoms with van der Waals surface area (Å²) < 4.78 is 6.20. The van der Waals surface area contributed by atoms with Gasteiger partial charge in [-0.15, -0.1) is 0 Å². The lowest BCUT2D eigenvalue weighted by molar-refractivity contribution is -0.220. The maximum Gasteiger partial charge on any atom is 0.309 e. The van der Waals surface area contributed by atoms with Crippen LogP contribution in [-0.2, 0) is 25.7 Å². The molecule has 0 heterocycles. The zero-order valence-electron chi connectivity index (χ0n) is 32.8. The van der Waals surface area contributed by atoms with Crippen molar-refractivity contribution in [2.24, 2.45) is 55.7 Å². The number of esters is 1. The van der Waals surface area contributed by atoms with Gasteiger partial charge in [0.2, 0.25) is 0 Å². The molecule has 0 aromatic heterocycles. The number of nitrogens with one attached hydrogen (secondary N) is 1. The monoisotopic (exact) mass is 735 g/mol. The molecule has 10 atom stereocenters. The Morgan fingerprint density at radius 3 is 2.27 bits per heavy atom. The lowest BCUT2D eigenvalue weighted by Crippen LogP contribution is -2.65. The maximum absolute atomic E-state index is 14.0. The normalized spacial score (nSPS) is 41.4. The van der Waals surface area contributed by atoms with Crippen LogP contribution in [0.15, 0.2) is 35.4 Å². The van der Waals surface area contributed by atoms with Gasteiger partial charge in [-0.1, -0.05) is 70.8 Å². The summed E-state index contributed by atoms with van der Waals surface area (Å²) in [5.41, 5.74) is 1.90. The summed E-state index contributed by atoms with van der Waals surface area (Å²) in [5, 5.41) is 26.0. The van der Waals surface area contributed by atoms with Gasteiger partial charge in [0.05, 0.1) is 17.9 Å². The van der Waals surface area contributed by atoms with Gasteiger partial charge >= 0.3 is 11.9 Å². The standard InChI is InChI=1S/C44H62ClNO6/c1-26(2)35-30(47)21-43(32(48)24-46-23-27-9-11-28(45)12-10-27)19-17-39(5)29(36(35)43)13-14-31-40(39,6)18-20-44-25-42(44,8)33(15-16-41(31,44)7)52-34(49)22-38(3,4)37(50)51/h9-12,26,29,31-33,46,48H,13-25H2,1-8H3,(H,50,51)/t29-,31+,32?,33+,39-,40-,41-,42?,43?,44+/m1/s1. The molecule has 1 spiro atoms. The summed E-state index contributed by atoms with van der Waals surface area (Å²) >= 11 is 6.11. The third-order valence-electron chi connectivity index (χ3n) is 17.1. The minimum atomic E-state index is -1.15. The number of Topliss-reactive ketones (excluding diaryl/α,β-unsaturated/α-hetero) is 1. The quantitative estimate of drug-likeness (QED) is 0.206. The first-order valence-corrected chi connectivity index (χ1v) is 20.4. The number of carbonyl (C=O) groups excluding carboxylic acids is 2. The molecule has 7 rings (SSSR count). The molecule has 3 unspecified atom stereocenters. The van der Waals surface area contributed by atoms with Crippen molar-refractivity contribution in [2.45, 2.75) is 145 Å². The Bertz CT molecular complexity index is 1680. The van der Waals surface area contributed by atoms with E-state index in [1.807, 2.05) is 24.3 Å². The minimum absolute atomic E-state index is 0.00238. The smallest absolute Gasteiger partial charge is 0.309 e. The molecule has 286 valence electrons. The third kappa shape index (κ3) is 5.20. The van der Waals surface area contributed by atoms with Crippen molar-refractivity contribution in [1.82, 2.24) is 5.32 Å². The fraction of sp³-hybridized carbons (Fsp3) is 0.750. The number of benzene rings is 1. The van der Waals surface area contributed by atoms with E-state index in [4.69, 9.17) is 16.3 Å².